The van der Waals surface area contributed by atoms with E-state index in [0.29, 0.717) is 6.42 Å². The number of halogens is 1. The molecule has 0 saturated heterocycles. The van der Waals surface area contributed by atoms with E-state index >= 15 is 0 Å². The fraction of sp³-hybridized carbons (Fsp3) is 0.900. The topological polar surface area (TPSA) is 26.3 Å². The monoisotopic (exact) mass is 282 g/mol. The van der Waals surface area contributed by atoms with Crippen molar-refractivity contribution in [2.45, 2.75) is 32.1 Å². The predicted octanol–water partition coefficient (Wildman–Crippen LogP) is 3.24. The Morgan fingerprint density at radius 3 is 2.57 bits per heavy atom. The van der Waals surface area contributed by atoms with Crippen LogP contribution in [0.25, 0.3) is 0 Å². The summed E-state index contributed by atoms with van der Waals surface area (Å²) in [7, 11) is 1.44. The maximum absolute atomic E-state index is 10.7. The zero-order valence-electron chi connectivity index (χ0n) is 8.76. The third-order valence-corrected chi connectivity index (χ3v) is 3.48. The molecule has 14 heavy (non-hydrogen) atoms. The van der Waals surface area contributed by atoms with Gasteiger partial charge in [0.05, 0.1) is 13.5 Å². The minimum atomic E-state index is -0.100. The highest BCUT2D eigenvalue weighted by Gasteiger charge is 1.98. The Kier molecular flexibility index (Phi) is 11.6. The van der Waals surface area contributed by atoms with Gasteiger partial charge in [0.25, 0.3) is 0 Å². The minimum absolute atomic E-state index is 0.100. The number of alkyl halides is 1. The van der Waals surface area contributed by atoms with E-state index in [2.05, 4.69) is 20.7 Å². The first-order valence-electron chi connectivity index (χ1n) is 5.01. The van der Waals surface area contributed by atoms with Crippen molar-refractivity contribution in [3.05, 3.63) is 0 Å². The summed E-state index contributed by atoms with van der Waals surface area (Å²) in [6.45, 7) is 0. The Bertz CT molecular complexity index is 142. The van der Waals surface area contributed by atoms with Crippen molar-refractivity contribution >= 4 is 33.7 Å². The van der Waals surface area contributed by atoms with Crippen LogP contribution in [0.5, 0.6) is 0 Å². The Morgan fingerprint density at radius 2 is 1.93 bits per heavy atom. The van der Waals surface area contributed by atoms with Gasteiger partial charge in [-0.15, -0.1) is 0 Å². The van der Waals surface area contributed by atoms with E-state index in [9.17, 15) is 4.79 Å². The van der Waals surface area contributed by atoms with Crippen LogP contribution in [-0.2, 0) is 9.53 Å². The number of thioether (sulfide) groups is 1. The standard InChI is InChI=1S/C10H19BrO2S/c1-13-10(12)6-9-14-8-5-3-2-4-7-11/h2-9H2,1H3. The van der Waals surface area contributed by atoms with Gasteiger partial charge in [-0.05, 0) is 18.6 Å². The summed E-state index contributed by atoms with van der Waals surface area (Å²) in [5.74, 6) is 1.96. The van der Waals surface area contributed by atoms with Crippen LogP contribution in [0, 0.1) is 0 Å². The quantitative estimate of drug-likeness (QED) is 0.369. The molecule has 0 fully saturated rings. The Balaban J connectivity index is 2.95. The Hall–Kier alpha value is 0.300. The van der Waals surface area contributed by atoms with Crippen molar-refractivity contribution in [3.8, 4) is 0 Å². The summed E-state index contributed by atoms with van der Waals surface area (Å²) in [5.41, 5.74) is 0. The predicted molar refractivity (Wildman–Crippen MR) is 66.2 cm³/mol. The molecule has 0 aromatic heterocycles. The van der Waals surface area contributed by atoms with Crippen LogP contribution in [-0.4, -0.2) is 29.9 Å². The Morgan fingerprint density at radius 1 is 1.21 bits per heavy atom. The number of carbonyl (C=O) groups excluding carboxylic acids is 1. The van der Waals surface area contributed by atoms with Crippen LogP contribution in [0.2, 0.25) is 0 Å². The molecular formula is C10H19BrO2S. The van der Waals surface area contributed by atoms with Crippen LogP contribution in [0.1, 0.15) is 32.1 Å². The molecule has 0 aliphatic rings. The van der Waals surface area contributed by atoms with E-state index in [1.165, 1.54) is 38.5 Å². The van der Waals surface area contributed by atoms with Crippen LogP contribution in [0.3, 0.4) is 0 Å². The van der Waals surface area contributed by atoms with E-state index in [0.717, 1.165) is 11.1 Å². The summed E-state index contributed by atoms with van der Waals surface area (Å²) in [6, 6.07) is 0. The van der Waals surface area contributed by atoms with Gasteiger partial charge in [-0.3, -0.25) is 4.79 Å². The molecule has 4 heteroatoms. The van der Waals surface area contributed by atoms with E-state index in [-0.39, 0.29) is 5.97 Å². The fourth-order valence-electron chi connectivity index (χ4n) is 1.01. The summed E-state index contributed by atoms with van der Waals surface area (Å²) >= 11 is 5.25. The van der Waals surface area contributed by atoms with Crippen molar-refractivity contribution in [1.82, 2.24) is 0 Å². The molecule has 0 bridgehead atoms. The van der Waals surface area contributed by atoms with E-state index in [4.69, 9.17) is 0 Å². The molecule has 84 valence electrons. The molecule has 0 aromatic carbocycles. The maximum atomic E-state index is 10.7. The number of hydrogen-bond acceptors (Lipinski definition) is 3. The first-order chi connectivity index (χ1) is 6.81. The zero-order valence-corrected chi connectivity index (χ0v) is 11.2. The average molecular weight is 283 g/mol. The third-order valence-electron chi connectivity index (χ3n) is 1.85. The van der Waals surface area contributed by atoms with Gasteiger partial charge in [-0.2, -0.15) is 11.8 Å². The molecule has 0 saturated carbocycles. The van der Waals surface area contributed by atoms with Gasteiger partial charge >= 0.3 is 5.97 Å². The average Bonchev–Trinajstić information content (AvgIpc) is 2.21. The second-order valence-electron chi connectivity index (χ2n) is 3.04. The lowest BCUT2D eigenvalue weighted by Crippen LogP contribution is -2.01. The molecule has 0 aromatic rings. The second-order valence-corrected chi connectivity index (χ2v) is 5.06. The lowest BCUT2D eigenvalue weighted by atomic mass is 10.2. The number of hydrogen-bond donors (Lipinski definition) is 0. The zero-order chi connectivity index (χ0) is 10.6. The molecule has 2 nitrogen and oxygen atoms in total. The number of esters is 1. The molecule has 0 spiro atoms. The largest absolute Gasteiger partial charge is 0.469 e. The van der Waals surface area contributed by atoms with Gasteiger partial charge < -0.3 is 4.74 Å². The molecule has 0 heterocycles. The van der Waals surface area contributed by atoms with Crippen LogP contribution < -0.4 is 0 Å². The molecule has 0 radical (unpaired) electrons. The fourth-order valence-corrected chi connectivity index (χ4v) is 2.33. The highest BCUT2D eigenvalue weighted by atomic mass is 79.9. The van der Waals surface area contributed by atoms with Crippen molar-refractivity contribution < 1.29 is 9.53 Å². The SMILES string of the molecule is COC(=O)CCSCCCCCCBr. The molecular weight excluding hydrogens is 264 g/mol. The van der Waals surface area contributed by atoms with Crippen LogP contribution in [0.15, 0.2) is 0 Å². The summed E-state index contributed by atoms with van der Waals surface area (Å²) < 4.78 is 4.55. The number of rotatable bonds is 9. The molecule has 0 atom stereocenters. The highest BCUT2D eigenvalue weighted by molar-refractivity contribution is 9.09. The molecule has 0 amide bonds. The van der Waals surface area contributed by atoms with Gasteiger partial charge in [0, 0.05) is 11.1 Å². The molecule has 0 aliphatic heterocycles. The second kappa shape index (κ2) is 11.4. The molecule has 0 N–H and O–H groups in total. The molecule has 0 rings (SSSR count). The van der Waals surface area contributed by atoms with Gasteiger partial charge in [0.15, 0.2) is 0 Å². The van der Waals surface area contributed by atoms with Crippen molar-refractivity contribution in [2.75, 3.05) is 23.9 Å². The number of ether oxygens (including phenoxy) is 1. The van der Waals surface area contributed by atoms with Gasteiger partial charge in [0.1, 0.15) is 0 Å². The first kappa shape index (κ1) is 14.3. The number of unbranched alkanes of at least 4 members (excludes halogenated alkanes) is 3. The van der Waals surface area contributed by atoms with Gasteiger partial charge in [0.2, 0.25) is 0 Å². The third kappa shape index (κ3) is 10.4. The molecule has 0 aliphatic carbocycles. The summed E-state index contributed by atoms with van der Waals surface area (Å²) in [5, 5.41) is 1.11. The van der Waals surface area contributed by atoms with E-state index in [1.54, 1.807) is 0 Å². The van der Waals surface area contributed by atoms with E-state index in [1.807, 2.05) is 11.8 Å². The van der Waals surface area contributed by atoms with Crippen molar-refractivity contribution in [3.63, 3.8) is 0 Å². The van der Waals surface area contributed by atoms with Crippen LogP contribution >= 0.6 is 27.7 Å². The Labute approximate surface area is 99.3 Å². The minimum Gasteiger partial charge on any atom is -0.469 e. The van der Waals surface area contributed by atoms with Crippen LogP contribution in [0.4, 0.5) is 0 Å². The normalized spacial score (nSPS) is 10.1. The number of carbonyl (C=O) groups is 1. The lowest BCUT2D eigenvalue weighted by Gasteiger charge is -2.00. The van der Waals surface area contributed by atoms with E-state index < -0.39 is 0 Å². The molecule has 0 unspecified atom stereocenters. The van der Waals surface area contributed by atoms with Crippen molar-refractivity contribution in [2.24, 2.45) is 0 Å². The highest BCUT2D eigenvalue weighted by Crippen LogP contribution is 2.09. The van der Waals surface area contributed by atoms with Gasteiger partial charge in [-0.1, -0.05) is 28.8 Å². The first-order valence-corrected chi connectivity index (χ1v) is 7.29. The number of methoxy groups -OCH3 is 1. The smallest absolute Gasteiger partial charge is 0.306 e. The maximum Gasteiger partial charge on any atom is 0.306 e. The summed E-state index contributed by atoms with van der Waals surface area (Å²) in [4.78, 5) is 10.7. The lowest BCUT2D eigenvalue weighted by molar-refractivity contribution is -0.140. The van der Waals surface area contributed by atoms with Crippen molar-refractivity contribution in [1.29, 1.82) is 0 Å². The van der Waals surface area contributed by atoms with Gasteiger partial charge in [-0.25, -0.2) is 0 Å². The summed E-state index contributed by atoms with van der Waals surface area (Å²) in [6.07, 6.45) is 5.69.